The molecule has 0 saturated heterocycles. The SMILES string of the molecule is CCN(CCc1c2c(nn1CC)CCc1ccccc1-2)C(=O)O. The van der Waals surface area contributed by atoms with Crippen LogP contribution < -0.4 is 0 Å². The van der Waals surface area contributed by atoms with Crippen LogP contribution >= 0.6 is 0 Å². The number of likely N-dealkylation sites (N-methyl/N-ethyl adjacent to an activating group) is 1. The van der Waals surface area contributed by atoms with Crippen LogP contribution in [0.4, 0.5) is 4.79 Å². The molecule has 1 heterocycles. The van der Waals surface area contributed by atoms with E-state index in [1.807, 2.05) is 11.6 Å². The Morgan fingerprint density at radius 3 is 2.78 bits per heavy atom. The second-order valence-corrected chi connectivity index (χ2v) is 5.85. The predicted octanol–water partition coefficient (Wildman–Crippen LogP) is 3.21. The van der Waals surface area contributed by atoms with E-state index in [1.165, 1.54) is 21.6 Å². The Bertz CT molecular complexity index is 721. The molecule has 1 aliphatic rings. The Morgan fingerprint density at radius 2 is 2.09 bits per heavy atom. The van der Waals surface area contributed by atoms with Crippen molar-refractivity contribution in [2.75, 3.05) is 13.1 Å². The number of hydrogen-bond donors (Lipinski definition) is 1. The Hall–Kier alpha value is -2.30. The van der Waals surface area contributed by atoms with E-state index >= 15 is 0 Å². The Balaban J connectivity index is 1.98. The maximum absolute atomic E-state index is 11.2. The summed E-state index contributed by atoms with van der Waals surface area (Å²) in [5.41, 5.74) is 6.17. The van der Waals surface area contributed by atoms with Gasteiger partial charge < -0.3 is 10.0 Å². The van der Waals surface area contributed by atoms with E-state index in [2.05, 4.69) is 31.2 Å². The lowest BCUT2D eigenvalue weighted by Crippen LogP contribution is -2.31. The van der Waals surface area contributed by atoms with Crippen molar-refractivity contribution >= 4 is 6.09 Å². The molecular weight excluding hydrogens is 290 g/mol. The van der Waals surface area contributed by atoms with Crippen LogP contribution in [-0.4, -0.2) is 39.0 Å². The van der Waals surface area contributed by atoms with Gasteiger partial charge in [-0.05, 0) is 37.8 Å². The zero-order valence-corrected chi connectivity index (χ0v) is 13.7. The lowest BCUT2D eigenvalue weighted by atomic mass is 9.88. The van der Waals surface area contributed by atoms with E-state index in [-0.39, 0.29) is 0 Å². The highest BCUT2D eigenvalue weighted by Crippen LogP contribution is 2.36. The molecule has 0 saturated carbocycles. The fourth-order valence-corrected chi connectivity index (χ4v) is 3.42. The zero-order chi connectivity index (χ0) is 16.4. The smallest absolute Gasteiger partial charge is 0.407 e. The highest BCUT2D eigenvalue weighted by molar-refractivity contribution is 5.74. The number of fused-ring (bicyclic) bond motifs is 3. The van der Waals surface area contributed by atoms with E-state index in [0.717, 1.165) is 30.8 Å². The summed E-state index contributed by atoms with van der Waals surface area (Å²) in [6.45, 7) is 5.78. The van der Waals surface area contributed by atoms with Gasteiger partial charge in [0.1, 0.15) is 0 Å². The minimum absolute atomic E-state index is 0.506. The van der Waals surface area contributed by atoms with Crippen LogP contribution in [0.2, 0.25) is 0 Å². The van der Waals surface area contributed by atoms with Crippen molar-refractivity contribution in [2.45, 2.75) is 39.7 Å². The average molecular weight is 313 g/mol. The summed E-state index contributed by atoms with van der Waals surface area (Å²) in [4.78, 5) is 12.7. The molecule has 0 bridgehead atoms. The molecule has 0 aliphatic heterocycles. The molecular formula is C18H23N3O2. The summed E-state index contributed by atoms with van der Waals surface area (Å²) < 4.78 is 2.04. The maximum atomic E-state index is 11.2. The number of aryl methyl sites for hydroxylation is 3. The van der Waals surface area contributed by atoms with E-state index in [0.29, 0.717) is 19.5 Å². The lowest BCUT2D eigenvalue weighted by molar-refractivity contribution is 0.148. The first-order chi connectivity index (χ1) is 11.2. The standard InChI is InChI=1S/C18H23N3O2/c1-3-20(18(22)23)12-11-16-17-14-8-6-5-7-13(14)9-10-15(17)19-21(16)4-2/h5-8H,3-4,9-12H2,1-2H3,(H,22,23). The lowest BCUT2D eigenvalue weighted by Gasteiger charge is -2.19. The van der Waals surface area contributed by atoms with Crippen LogP contribution in [-0.2, 0) is 25.8 Å². The summed E-state index contributed by atoms with van der Waals surface area (Å²) in [6.07, 6.45) is 1.83. The van der Waals surface area contributed by atoms with Gasteiger partial charge >= 0.3 is 6.09 Å². The van der Waals surface area contributed by atoms with E-state index in [4.69, 9.17) is 5.10 Å². The molecule has 5 nitrogen and oxygen atoms in total. The number of nitrogens with zero attached hydrogens (tertiary/aromatic N) is 3. The topological polar surface area (TPSA) is 58.4 Å². The molecule has 0 radical (unpaired) electrons. The van der Waals surface area contributed by atoms with Gasteiger partial charge in [-0.3, -0.25) is 4.68 Å². The van der Waals surface area contributed by atoms with Gasteiger partial charge in [0.15, 0.2) is 0 Å². The van der Waals surface area contributed by atoms with Crippen molar-refractivity contribution < 1.29 is 9.90 Å². The third kappa shape index (κ3) is 2.83. The molecule has 122 valence electrons. The van der Waals surface area contributed by atoms with Gasteiger partial charge in [-0.25, -0.2) is 4.79 Å². The number of amides is 1. The van der Waals surface area contributed by atoms with Gasteiger partial charge in [0.25, 0.3) is 0 Å². The average Bonchev–Trinajstić information content (AvgIpc) is 2.93. The Kier molecular flexibility index (Phi) is 4.37. The summed E-state index contributed by atoms with van der Waals surface area (Å²) in [6, 6.07) is 8.49. The Morgan fingerprint density at radius 1 is 1.30 bits per heavy atom. The highest BCUT2D eigenvalue weighted by atomic mass is 16.4. The van der Waals surface area contributed by atoms with Gasteiger partial charge in [-0.1, -0.05) is 24.3 Å². The summed E-state index contributed by atoms with van der Waals surface area (Å²) in [5.74, 6) is 0. The van der Waals surface area contributed by atoms with Crippen LogP contribution in [0.25, 0.3) is 11.1 Å². The normalized spacial score (nSPS) is 12.6. The third-order valence-corrected chi connectivity index (χ3v) is 4.62. The third-order valence-electron chi connectivity index (χ3n) is 4.62. The Labute approximate surface area is 136 Å². The molecule has 1 aromatic carbocycles. The van der Waals surface area contributed by atoms with Crippen molar-refractivity contribution in [3.05, 3.63) is 41.2 Å². The summed E-state index contributed by atoms with van der Waals surface area (Å²) >= 11 is 0. The monoisotopic (exact) mass is 313 g/mol. The van der Waals surface area contributed by atoms with Crippen LogP contribution in [0, 0.1) is 0 Å². The van der Waals surface area contributed by atoms with Crippen molar-refractivity contribution in [1.29, 1.82) is 0 Å². The van der Waals surface area contributed by atoms with Gasteiger partial charge in [-0.2, -0.15) is 5.10 Å². The second kappa shape index (κ2) is 6.44. The van der Waals surface area contributed by atoms with Gasteiger partial charge in [0.05, 0.1) is 5.69 Å². The second-order valence-electron chi connectivity index (χ2n) is 5.85. The van der Waals surface area contributed by atoms with E-state index in [9.17, 15) is 9.90 Å². The first-order valence-electron chi connectivity index (χ1n) is 8.30. The van der Waals surface area contributed by atoms with Crippen LogP contribution in [0.5, 0.6) is 0 Å². The molecule has 1 N–H and O–H groups in total. The minimum Gasteiger partial charge on any atom is -0.465 e. The molecule has 0 spiro atoms. The molecule has 0 fully saturated rings. The van der Waals surface area contributed by atoms with Gasteiger partial charge in [0, 0.05) is 37.3 Å². The largest absolute Gasteiger partial charge is 0.465 e. The molecule has 23 heavy (non-hydrogen) atoms. The van der Waals surface area contributed by atoms with Crippen LogP contribution in [0.1, 0.15) is 30.8 Å². The number of hydrogen-bond acceptors (Lipinski definition) is 2. The number of benzene rings is 1. The van der Waals surface area contributed by atoms with Gasteiger partial charge in [-0.15, -0.1) is 0 Å². The predicted molar refractivity (Wildman–Crippen MR) is 89.7 cm³/mol. The molecule has 1 amide bonds. The molecule has 3 rings (SSSR count). The van der Waals surface area contributed by atoms with Crippen LogP contribution in [0.3, 0.4) is 0 Å². The van der Waals surface area contributed by atoms with Crippen molar-refractivity contribution in [1.82, 2.24) is 14.7 Å². The number of carbonyl (C=O) groups is 1. The van der Waals surface area contributed by atoms with Crippen molar-refractivity contribution in [3.8, 4) is 11.1 Å². The fourth-order valence-electron chi connectivity index (χ4n) is 3.42. The highest BCUT2D eigenvalue weighted by Gasteiger charge is 2.24. The minimum atomic E-state index is -0.857. The molecule has 5 heteroatoms. The summed E-state index contributed by atoms with van der Waals surface area (Å²) in [5, 5.41) is 14.0. The van der Waals surface area contributed by atoms with Crippen LogP contribution in [0.15, 0.2) is 24.3 Å². The van der Waals surface area contributed by atoms with Crippen molar-refractivity contribution in [3.63, 3.8) is 0 Å². The first-order valence-corrected chi connectivity index (χ1v) is 8.30. The van der Waals surface area contributed by atoms with Crippen molar-refractivity contribution in [2.24, 2.45) is 0 Å². The van der Waals surface area contributed by atoms with Gasteiger partial charge in [0.2, 0.25) is 0 Å². The maximum Gasteiger partial charge on any atom is 0.407 e. The molecule has 0 atom stereocenters. The number of aromatic nitrogens is 2. The zero-order valence-electron chi connectivity index (χ0n) is 13.7. The number of rotatable bonds is 5. The quantitative estimate of drug-likeness (QED) is 0.922. The van der Waals surface area contributed by atoms with E-state index in [1.54, 1.807) is 0 Å². The molecule has 0 unspecified atom stereocenters. The molecule has 2 aromatic rings. The summed E-state index contributed by atoms with van der Waals surface area (Å²) in [7, 11) is 0. The van der Waals surface area contributed by atoms with E-state index < -0.39 is 6.09 Å². The molecule has 1 aromatic heterocycles. The fraction of sp³-hybridized carbons (Fsp3) is 0.444. The molecule has 1 aliphatic carbocycles. The number of carboxylic acid groups (broad SMARTS) is 1. The first kappa shape index (κ1) is 15.6.